The van der Waals surface area contributed by atoms with Crippen LogP contribution in [0.1, 0.15) is 30.2 Å². The Morgan fingerprint density at radius 2 is 1.96 bits per heavy atom. The topological polar surface area (TPSA) is 100 Å². The van der Waals surface area contributed by atoms with Crippen LogP contribution in [0.3, 0.4) is 0 Å². The molecule has 0 bridgehead atoms. The summed E-state index contributed by atoms with van der Waals surface area (Å²) in [5, 5.41) is 4.89. The van der Waals surface area contributed by atoms with Gasteiger partial charge >= 0.3 is 5.97 Å². The second-order valence-electron chi connectivity index (χ2n) is 5.88. The molecular weight excluding hydrogens is 320 g/mol. The maximum Gasteiger partial charge on any atom is 0.339 e. The summed E-state index contributed by atoms with van der Waals surface area (Å²) in [6.07, 6.45) is 1.58. The Bertz CT molecular complexity index is 932. The number of esters is 1. The summed E-state index contributed by atoms with van der Waals surface area (Å²) in [7, 11) is 0. The molecule has 2 N–H and O–H groups in total. The number of carbonyl (C=O) groups excluding carboxylic acids is 2. The number of amides is 1. The Morgan fingerprint density at radius 1 is 1.24 bits per heavy atom. The molecule has 0 aliphatic rings. The zero-order chi connectivity index (χ0) is 18.0. The van der Waals surface area contributed by atoms with E-state index in [9.17, 15) is 9.59 Å². The van der Waals surface area contributed by atoms with Gasteiger partial charge in [-0.25, -0.2) is 14.5 Å². The number of primary amides is 1. The van der Waals surface area contributed by atoms with Crippen LogP contribution in [0.5, 0.6) is 0 Å². The standard InChI is InChI=1S/C18H18N4O3/c1-11(2)22-17-14(9-20-22)13(18(24)25-10-16(19)23)8-15(21-17)12-6-4-3-5-7-12/h3-9,11H,10H2,1-2H3,(H2,19,23). The van der Waals surface area contributed by atoms with E-state index in [-0.39, 0.29) is 6.04 Å². The van der Waals surface area contributed by atoms with Crippen LogP contribution < -0.4 is 5.73 Å². The summed E-state index contributed by atoms with van der Waals surface area (Å²) in [6, 6.07) is 11.2. The molecule has 1 aromatic carbocycles. The molecule has 0 unspecified atom stereocenters. The molecule has 7 heteroatoms. The van der Waals surface area contributed by atoms with Crippen molar-refractivity contribution >= 4 is 22.9 Å². The van der Waals surface area contributed by atoms with E-state index >= 15 is 0 Å². The molecule has 0 atom stereocenters. The van der Waals surface area contributed by atoms with Gasteiger partial charge in [-0.15, -0.1) is 0 Å². The lowest BCUT2D eigenvalue weighted by Crippen LogP contribution is -2.21. The number of benzene rings is 1. The molecule has 0 fully saturated rings. The van der Waals surface area contributed by atoms with Crippen molar-refractivity contribution in [2.45, 2.75) is 19.9 Å². The highest BCUT2D eigenvalue weighted by Gasteiger charge is 2.19. The monoisotopic (exact) mass is 338 g/mol. The van der Waals surface area contributed by atoms with Crippen LogP contribution in [0.2, 0.25) is 0 Å². The molecule has 0 spiro atoms. The van der Waals surface area contributed by atoms with Crippen LogP contribution in [-0.2, 0) is 9.53 Å². The number of rotatable bonds is 5. The maximum absolute atomic E-state index is 12.4. The highest BCUT2D eigenvalue weighted by molar-refractivity contribution is 6.04. The summed E-state index contributed by atoms with van der Waals surface area (Å²) in [6.45, 7) is 3.49. The molecule has 0 radical (unpaired) electrons. The number of ether oxygens (including phenoxy) is 1. The van der Waals surface area contributed by atoms with Crippen LogP contribution in [0.25, 0.3) is 22.3 Å². The van der Waals surface area contributed by atoms with E-state index in [0.717, 1.165) is 5.56 Å². The molecule has 1 amide bonds. The van der Waals surface area contributed by atoms with Gasteiger partial charge in [0.2, 0.25) is 0 Å². The molecule has 3 aromatic rings. The quantitative estimate of drug-likeness (QED) is 0.720. The van der Waals surface area contributed by atoms with E-state index in [1.807, 2.05) is 44.2 Å². The van der Waals surface area contributed by atoms with Crippen LogP contribution in [0, 0.1) is 0 Å². The van der Waals surface area contributed by atoms with Crippen molar-refractivity contribution < 1.29 is 14.3 Å². The van der Waals surface area contributed by atoms with Crippen LogP contribution in [0.15, 0.2) is 42.6 Å². The van der Waals surface area contributed by atoms with Crippen LogP contribution in [0.4, 0.5) is 0 Å². The maximum atomic E-state index is 12.4. The first-order chi connectivity index (χ1) is 12.0. The van der Waals surface area contributed by atoms with E-state index in [2.05, 4.69) is 10.1 Å². The van der Waals surface area contributed by atoms with Gasteiger partial charge in [-0.3, -0.25) is 4.79 Å². The molecule has 25 heavy (non-hydrogen) atoms. The first-order valence-corrected chi connectivity index (χ1v) is 7.86. The second kappa shape index (κ2) is 6.72. The zero-order valence-electron chi connectivity index (χ0n) is 14.0. The molecule has 128 valence electrons. The summed E-state index contributed by atoms with van der Waals surface area (Å²) < 4.78 is 6.72. The van der Waals surface area contributed by atoms with E-state index < -0.39 is 18.5 Å². The molecule has 0 saturated heterocycles. The number of hydrogen-bond acceptors (Lipinski definition) is 5. The van der Waals surface area contributed by atoms with Gasteiger partial charge in [-0.05, 0) is 19.9 Å². The van der Waals surface area contributed by atoms with Crippen molar-refractivity contribution in [1.29, 1.82) is 0 Å². The van der Waals surface area contributed by atoms with Crippen LogP contribution >= 0.6 is 0 Å². The van der Waals surface area contributed by atoms with E-state index in [0.29, 0.717) is 22.3 Å². The minimum absolute atomic E-state index is 0.0745. The van der Waals surface area contributed by atoms with Gasteiger partial charge in [-0.2, -0.15) is 5.10 Å². The number of nitrogens with zero attached hydrogens (tertiary/aromatic N) is 3. The largest absolute Gasteiger partial charge is 0.452 e. The second-order valence-corrected chi connectivity index (χ2v) is 5.88. The molecule has 0 aliphatic heterocycles. The SMILES string of the molecule is CC(C)n1ncc2c(C(=O)OCC(N)=O)cc(-c3ccccc3)nc21. The molecule has 2 heterocycles. The van der Waals surface area contributed by atoms with E-state index in [4.69, 9.17) is 10.5 Å². The fourth-order valence-electron chi connectivity index (χ4n) is 2.54. The average Bonchev–Trinajstić information content (AvgIpc) is 3.03. The minimum Gasteiger partial charge on any atom is -0.452 e. The van der Waals surface area contributed by atoms with Gasteiger partial charge in [0.15, 0.2) is 12.3 Å². The summed E-state index contributed by atoms with van der Waals surface area (Å²) in [5.41, 5.74) is 7.43. The lowest BCUT2D eigenvalue weighted by molar-refractivity contribution is -0.121. The van der Waals surface area contributed by atoms with Crippen molar-refractivity contribution in [2.75, 3.05) is 6.61 Å². The Morgan fingerprint density at radius 3 is 2.60 bits per heavy atom. The van der Waals surface area contributed by atoms with Gasteiger partial charge in [0.25, 0.3) is 5.91 Å². The summed E-state index contributed by atoms with van der Waals surface area (Å²) >= 11 is 0. The molecule has 2 aromatic heterocycles. The molecular formula is C18H18N4O3. The van der Waals surface area contributed by atoms with Crippen molar-refractivity contribution in [1.82, 2.24) is 14.8 Å². The highest BCUT2D eigenvalue weighted by Crippen LogP contribution is 2.26. The van der Waals surface area contributed by atoms with Gasteiger partial charge in [0, 0.05) is 11.6 Å². The van der Waals surface area contributed by atoms with Crippen molar-refractivity contribution in [3.05, 3.63) is 48.2 Å². The number of aromatic nitrogens is 3. The fraction of sp³-hybridized carbons (Fsp3) is 0.222. The Hall–Kier alpha value is -3.22. The van der Waals surface area contributed by atoms with E-state index in [1.165, 1.54) is 0 Å². The minimum atomic E-state index is -0.709. The number of carbonyl (C=O) groups is 2. The first-order valence-electron chi connectivity index (χ1n) is 7.86. The summed E-state index contributed by atoms with van der Waals surface area (Å²) in [4.78, 5) is 28.0. The number of pyridine rings is 1. The predicted molar refractivity (Wildman–Crippen MR) is 92.8 cm³/mol. The van der Waals surface area contributed by atoms with Gasteiger partial charge in [0.1, 0.15) is 0 Å². The third-order valence-corrected chi connectivity index (χ3v) is 3.69. The molecule has 0 aliphatic carbocycles. The number of fused-ring (bicyclic) bond motifs is 1. The fourth-order valence-corrected chi connectivity index (χ4v) is 2.54. The van der Waals surface area contributed by atoms with Crippen molar-refractivity contribution in [3.63, 3.8) is 0 Å². The first kappa shape index (κ1) is 16.6. The predicted octanol–water partition coefficient (Wildman–Crippen LogP) is 2.32. The molecule has 3 rings (SSSR count). The highest BCUT2D eigenvalue weighted by atomic mass is 16.5. The zero-order valence-corrected chi connectivity index (χ0v) is 14.0. The smallest absolute Gasteiger partial charge is 0.339 e. The Balaban J connectivity index is 2.17. The van der Waals surface area contributed by atoms with Crippen molar-refractivity contribution in [2.24, 2.45) is 5.73 Å². The van der Waals surface area contributed by atoms with Gasteiger partial charge < -0.3 is 10.5 Å². The van der Waals surface area contributed by atoms with E-state index in [1.54, 1.807) is 16.9 Å². The lowest BCUT2D eigenvalue weighted by atomic mass is 10.1. The third kappa shape index (κ3) is 3.35. The lowest BCUT2D eigenvalue weighted by Gasteiger charge is -2.10. The number of nitrogens with two attached hydrogens (primary N) is 1. The third-order valence-electron chi connectivity index (χ3n) is 3.69. The number of hydrogen-bond donors (Lipinski definition) is 1. The Kier molecular flexibility index (Phi) is 4.47. The summed E-state index contributed by atoms with van der Waals surface area (Å²) in [5.74, 6) is -1.34. The van der Waals surface area contributed by atoms with Gasteiger partial charge in [0.05, 0.1) is 22.8 Å². The molecule has 0 saturated carbocycles. The Labute approximate surface area is 144 Å². The average molecular weight is 338 g/mol. The van der Waals surface area contributed by atoms with Crippen molar-refractivity contribution in [3.8, 4) is 11.3 Å². The van der Waals surface area contributed by atoms with Crippen LogP contribution in [-0.4, -0.2) is 33.2 Å². The van der Waals surface area contributed by atoms with Gasteiger partial charge in [-0.1, -0.05) is 30.3 Å². The molecule has 7 nitrogen and oxygen atoms in total. The normalized spacial score (nSPS) is 11.0.